The molecule has 1 aliphatic rings. The van der Waals surface area contributed by atoms with Gasteiger partial charge in [-0.1, -0.05) is 0 Å². The summed E-state index contributed by atoms with van der Waals surface area (Å²) in [6.07, 6.45) is 0. The van der Waals surface area contributed by atoms with Gasteiger partial charge in [0.2, 0.25) is 5.67 Å². The molecule has 0 aromatic heterocycles. The van der Waals surface area contributed by atoms with Gasteiger partial charge in [0.05, 0.1) is 5.75 Å². The van der Waals surface area contributed by atoms with Gasteiger partial charge < -0.3 is 0 Å². The van der Waals surface area contributed by atoms with Gasteiger partial charge in [0, 0.05) is 5.75 Å². The maximum absolute atomic E-state index is 12.7. The fourth-order valence-electron chi connectivity index (χ4n) is 0.712. The largest absolute Gasteiger partial charge is 0.293 e. The molecule has 10 heavy (non-hydrogen) atoms. The summed E-state index contributed by atoms with van der Waals surface area (Å²) in [7, 11) is 0. The molecular formula is C5H6F4S. The van der Waals surface area contributed by atoms with E-state index in [1.54, 1.807) is 0 Å². The number of rotatable bonds is 1. The predicted octanol–water partition coefficient (Wildman–Crippen LogP) is 2.05. The van der Waals surface area contributed by atoms with Gasteiger partial charge in [-0.2, -0.15) is 11.8 Å². The molecule has 0 radical (unpaired) electrons. The van der Waals surface area contributed by atoms with Crippen LogP contribution in [0.4, 0.5) is 17.6 Å². The lowest BCUT2D eigenvalue weighted by Crippen LogP contribution is -2.44. The summed E-state index contributed by atoms with van der Waals surface area (Å²) >= 11 is 0.748. The van der Waals surface area contributed by atoms with E-state index in [9.17, 15) is 17.6 Å². The number of hydrogen-bond donors (Lipinski definition) is 0. The molecule has 0 bridgehead atoms. The van der Waals surface area contributed by atoms with E-state index in [-0.39, 0.29) is 0 Å². The number of alkyl halides is 4. The van der Waals surface area contributed by atoms with E-state index in [4.69, 9.17) is 0 Å². The molecule has 1 rings (SSSR count). The summed E-state index contributed by atoms with van der Waals surface area (Å²) in [5, 5.41) is 0. The van der Waals surface area contributed by atoms with E-state index in [2.05, 4.69) is 0 Å². The zero-order chi connectivity index (χ0) is 7.83. The van der Waals surface area contributed by atoms with Crippen LogP contribution >= 0.6 is 11.8 Å². The van der Waals surface area contributed by atoms with Crippen molar-refractivity contribution < 1.29 is 17.6 Å². The predicted molar refractivity (Wildman–Crippen MR) is 32.1 cm³/mol. The van der Waals surface area contributed by atoms with Crippen LogP contribution in [-0.4, -0.2) is 29.8 Å². The standard InChI is InChI=1S/C5H6F4S/c6-1-4(7)2-10-3-5(4,8)9/h1-3H2. The molecule has 0 nitrogen and oxygen atoms in total. The molecule has 0 amide bonds. The first kappa shape index (κ1) is 8.17. The molecule has 5 heteroatoms. The highest BCUT2D eigenvalue weighted by Crippen LogP contribution is 2.44. The SMILES string of the molecule is FCC1(F)CSCC1(F)F. The zero-order valence-electron chi connectivity index (χ0n) is 5.04. The third-order valence-electron chi connectivity index (χ3n) is 1.48. The molecule has 60 valence electrons. The van der Waals surface area contributed by atoms with Gasteiger partial charge in [-0.25, -0.2) is 17.6 Å². The van der Waals surface area contributed by atoms with Crippen LogP contribution in [0.1, 0.15) is 0 Å². The van der Waals surface area contributed by atoms with Crippen molar-refractivity contribution in [2.24, 2.45) is 0 Å². The van der Waals surface area contributed by atoms with Crippen LogP contribution in [0.15, 0.2) is 0 Å². The molecule has 0 saturated carbocycles. The normalized spacial score (nSPS) is 38.4. The van der Waals surface area contributed by atoms with Crippen molar-refractivity contribution in [2.45, 2.75) is 11.6 Å². The minimum Gasteiger partial charge on any atom is -0.247 e. The van der Waals surface area contributed by atoms with Crippen molar-refractivity contribution >= 4 is 11.8 Å². The average molecular weight is 174 g/mol. The van der Waals surface area contributed by atoms with E-state index in [0.29, 0.717) is 0 Å². The number of halogens is 4. The van der Waals surface area contributed by atoms with Gasteiger partial charge in [-0.3, -0.25) is 0 Å². The Kier molecular flexibility index (Phi) is 1.87. The maximum Gasteiger partial charge on any atom is 0.293 e. The maximum atomic E-state index is 12.7. The molecule has 1 fully saturated rings. The fourth-order valence-corrected chi connectivity index (χ4v) is 1.94. The highest BCUT2D eigenvalue weighted by atomic mass is 32.2. The Morgan fingerprint density at radius 3 is 2.00 bits per heavy atom. The Balaban J connectivity index is 2.76. The second kappa shape index (κ2) is 2.29. The van der Waals surface area contributed by atoms with E-state index in [0.717, 1.165) is 11.8 Å². The Labute approximate surface area is 60.0 Å². The molecule has 0 aliphatic carbocycles. The monoisotopic (exact) mass is 174 g/mol. The smallest absolute Gasteiger partial charge is 0.247 e. The van der Waals surface area contributed by atoms with Crippen molar-refractivity contribution in [1.82, 2.24) is 0 Å². The third-order valence-corrected chi connectivity index (χ3v) is 2.71. The summed E-state index contributed by atoms with van der Waals surface area (Å²) in [6.45, 7) is -1.59. The van der Waals surface area contributed by atoms with Crippen LogP contribution in [0.5, 0.6) is 0 Å². The minimum absolute atomic E-state index is 0.434. The molecule has 0 spiro atoms. The average Bonchev–Trinajstić information content (AvgIpc) is 2.10. The molecule has 1 atom stereocenters. The van der Waals surface area contributed by atoms with Gasteiger partial charge in [-0.15, -0.1) is 0 Å². The molecule has 1 unspecified atom stereocenters. The number of hydrogen-bond acceptors (Lipinski definition) is 1. The lowest BCUT2D eigenvalue weighted by Gasteiger charge is -2.21. The van der Waals surface area contributed by atoms with Gasteiger partial charge in [0.15, 0.2) is 0 Å². The Bertz CT molecular complexity index is 138. The van der Waals surface area contributed by atoms with Crippen molar-refractivity contribution in [3.8, 4) is 0 Å². The number of thioether (sulfide) groups is 1. The van der Waals surface area contributed by atoms with Crippen LogP contribution in [0, 0.1) is 0 Å². The van der Waals surface area contributed by atoms with Crippen molar-refractivity contribution in [3.05, 3.63) is 0 Å². The minimum atomic E-state index is -3.48. The second-order valence-corrected chi connectivity index (χ2v) is 3.28. The van der Waals surface area contributed by atoms with E-state index in [1.165, 1.54) is 0 Å². The highest BCUT2D eigenvalue weighted by molar-refractivity contribution is 7.99. The Morgan fingerprint density at radius 1 is 1.20 bits per heavy atom. The third kappa shape index (κ3) is 1.00. The summed E-state index contributed by atoms with van der Waals surface area (Å²) in [5.41, 5.74) is -2.91. The summed E-state index contributed by atoms with van der Waals surface area (Å²) in [6, 6.07) is 0. The molecule has 1 heterocycles. The fraction of sp³-hybridized carbons (Fsp3) is 1.00. The van der Waals surface area contributed by atoms with Crippen LogP contribution in [0.3, 0.4) is 0 Å². The van der Waals surface area contributed by atoms with Crippen LogP contribution in [-0.2, 0) is 0 Å². The molecule has 0 aromatic carbocycles. The first-order valence-corrected chi connectivity index (χ1v) is 3.88. The Hall–Kier alpha value is 0.0700. The van der Waals surface area contributed by atoms with Crippen molar-refractivity contribution in [1.29, 1.82) is 0 Å². The van der Waals surface area contributed by atoms with Crippen molar-refractivity contribution in [3.63, 3.8) is 0 Å². The summed E-state index contributed by atoms with van der Waals surface area (Å²) in [4.78, 5) is 0. The highest BCUT2D eigenvalue weighted by Gasteiger charge is 2.59. The van der Waals surface area contributed by atoms with Gasteiger partial charge in [0.25, 0.3) is 5.92 Å². The van der Waals surface area contributed by atoms with Crippen LogP contribution < -0.4 is 0 Å². The van der Waals surface area contributed by atoms with Crippen molar-refractivity contribution in [2.75, 3.05) is 18.2 Å². The first-order valence-electron chi connectivity index (χ1n) is 2.72. The van der Waals surface area contributed by atoms with E-state index in [1.807, 2.05) is 0 Å². The summed E-state index contributed by atoms with van der Waals surface area (Å²) in [5.74, 6) is -4.52. The molecule has 1 aliphatic heterocycles. The molecule has 0 N–H and O–H groups in total. The lowest BCUT2D eigenvalue weighted by molar-refractivity contribution is -0.108. The molecule has 0 aromatic rings. The topological polar surface area (TPSA) is 0 Å². The Morgan fingerprint density at radius 2 is 1.80 bits per heavy atom. The zero-order valence-corrected chi connectivity index (χ0v) is 5.86. The molecule has 1 saturated heterocycles. The summed E-state index contributed by atoms with van der Waals surface area (Å²) < 4.78 is 49.1. The van der Waals surface area contributed by atoms with Crippen LogP contribution in [0.2, 0.25) is 0 Å². The first-order chi connectivity index (χ1) is 4.52. The van der Waals surface area contributed by atoms with Crippen LogP contribution in [0.25, 0.3) is 0 Å². The quantitative estimate of drug-likeness (QED) is 0.548. The molecular weight excluding hydrogens is 168 g/mol. The lowest BCUT2D eigenvalue weighted by atomic mass is 10.0. The van der Waals surface area contributed by atoms with E-state index >= 15 is 0 Å². The van der Waals surface area contributed by atoms with Gasteiger partial charge >= 0.3 is 0 Å². The second-order valence-electron chi connectivity index (χ2n) is 2.30. The van der Waals surface area contributed by atoms with Gasteiger partial charge in [-0.05, 0) is 0 Å². The van der Waals surface area contributed by atoms with E-state index < -0.39 is 29.8 Å². The van der Waals surface area contributed by atoms with Gasteiger partial charge in [0.1, 0.15) is 6.67 Å².